The Labute approximate surface area is 81.3 Å². The molecule has 1 amide bonds. The summed E-state index contributed by atoms with van der Waals surface area (Å²) in [5.74, 6) is -6.02. The average molecular weight is 236 g/mol. The molecule has 4 nitrogen and oxygen atoms in total. The first-order valence-corrected chi connectivity index (χ1v) is 3.65. The summed E-state index contributed by atoms with van der Waals surface area (Å²) >= 11 is 0. The van der Waals surface area contributed by atoms with Crippen molar-refractivity contribution in [3.05, 3.63) is 0 Å². The number of carbonyl (C=O) groups excluding carboxylic acids is 1. The van der Waals surface area contributed by atoms with E-state index in [-0.39, 0.29) is 0 Å². The summed E-state index contributed by atoms with van der Waals surface area (Å²) in [6, 6.07) is -1.41. The summed E-state index contributed by atoms with van der Waals surface area (Å²) < 4.78 is 63.0. The van der Waals surface area contributed by atoms with Crippen LogP contribution in [0.2, 0.25) is 0 Å². The number of ether oxygens (including phenoxy) is 1. The van der Waals surface area contributed by atoms with Crippen molar-refractivity contribution in [2.24, 2.45) is 11.5 Å². The van der Waals surface area contributed by atoms with Crippen LogP contribution in [0.25, 0.3) is 0 Å². The molecule has 0 fully saturated rings. The number of amides is 1. The predicted octanol–water partition coefficient (Wildman–Crippen LogP) is 0.0132. The lowest BCUT2D eigenvalue weighted by Gasteiger charge is -2.19. The van der Waals surface area contributed by atoms with Crippen molar-refractivity contribution in [2.45, 2.75) is 18.1 Å². The molecule has 90 valence electrons. The van der Waals surface area contributed by atoms with Gasteiger partial charge in [-0.05, 0) is 0 Å². The monoisotopic (exact) mass is 236 g/mol. The third-order valence-corrected chi connectivity index (χ3v) is 1.36. The second kappa shape index (κ2) is 4.71. The van der Waals surface area contributed by atoms with Gasteiger partial charge >= 0.3 is 12.1 Å². The second-order valence-corrected chi connectivity index (χ2v) is 2.73. The molecule has 4 N–H and O–H groups in total. The van der Waals surface area contributed by atoms with Gasteiger partial charge in [-0.15, -0.1) is 0 Å². The molecular weight excluding hydrogens is 227 g/mol. The molecule has 0 aromatic heterocycles. The van der Waals surface area contributed by atoms with E-state index in [9.17, 15) is 26.7 Å². The Bertz CT molecular complexity index is 230. The lowest BCUT2D eigenvalue weighted by molar-refractivity contribution is -0.296. The Hall–Kier alpha value is -0.960. The Balaban J connectivity index is 4.01. The third-order valence-electron chi connectivity index (χ3n) is 1.36. The van der Waals surface area contributed by atoms with Crippen molar-refractivity contribution in [1.82, 2.24) is 0 Å². The number of hydrogen-bond donors (Lipinski definition) is 2. The van der Waals surface area contributed by atoms with Crippen molar-refractivity contribution in [3.63, 3.8) is 0 Å². The summed E-state index contributed by atoms with van der Waals surface area (Å²) in [6.07, 6.45) is -5.69. The first-order chi connectivity index (χ1) is 6.58. The molecule has 0 spiro atoms. The zero-order chi connectivity index (χ0) is 12.3. The van der Waals surface area contributed by atoms with Crippen LogP contribution < -0.4 is 11.5 Å². The predicted molar refractivity (Wildman–Crippen MR) is 39.0 cm³/mol. The van der Waals surface area contributed by atoms with Crippen LogP contribution in [-0.4, -0.2) is 37.3 Å². The molecule has 0 radical (unpaired) electrons. The molecule has 1 atom stereocenters. The molecule has 0 aromatic carbocycles. The van der Waals surface area contributed by atoms with Crippen molar-refractivity contribution >= 4 is 5.91 Å². The molecule has 0 aliphatic heterocycles. The van der Waals surface area contributed by atoms with Gasteiger partial charge in [-0.1, -0.05) is 0 Å². The van der Waals surface area contributed by atoms with Crippen molar-refractivity contribution in [1.29, 1.82) is 0 Å². The van der Waals surface area contributed by atoms with Crippen LogP contribution in [0.5, 0.6) is 0 Å². The molecule has 1 unspecified atom stereocenters. The number of carbonyl (C=O) groups is 1. The summed E-state index contributed by atoms with van der Waals surface area (Å²) in [5.41, 5.74) is 9.55. The average Bonchev–Trinajstić information content (AvgIpc) is 2.01. The van der Waals surface area contributed by atoms with E-state index in [2.05, 4.69) is 10.5 Å². The van der Waals surface area contributed by atoms with E-state index in [4.69, 9.17) is 5.73 Å². The minimum atomic E-state index is -5.69. The number of nitrogens with two attached hydrogens (primary N) is 2. The van der Waals surface area contributed by atoms with Crippen LogP contribution in [-0.2, 0) is 9.53 Å². The van der Waals surface area contributed by atoms with Crippen LogP contribution >= 0.6 is 0 Å². The largest absolute Gasteiger partial charge is 0.455 e. The van der Waals surface area contributed by atoms with E-state index < -0.39 is 37.3 Å². The fourth-order valence-electron chi connectivity index (χ4n) is 0.478. The van der Waals surface area contributed by atoms with Gasteiger partial charge in [-0.25, -0.2) is 0 Å². The lowest BCUT2D eigenvalue weighted by atomic mass is 10.3. The number of halogens is 5. The molecule has 9 heteroatoms. The van der Waals surface area contributed by atoms with Crippen LogP contribution in [0, 0.1) is 0 Å². The smallest absolute Gasteiger partial charge is 0.373 e. The summed E-state index contributed by atoms with van der Waals surface area (Å²) in [7, 11) is 0. The minimum absolute atomic E-state index is 0.791. The number of alkyl halides is 5. The molecule has 15 heavy (non-hydrogen) atoms. The molecule has 0 aromatic rings. The second-order valence-electron chi connectivity index (χ2n) is 2.73. The van der Waals surface area contributed by atoms with Gasteiger partial charge in [0.15, 0.2) is 0 Å². The minimum Gasteiger partial charge on any atom is -0.373 e. The Kier molecular flexibility index (Phi) is 4.41. The van der Waals surface area contributed by atoms with Gasteiger partial charge in [0.1, 0.15) is 12.6 Å². The summed E-state index contributed by atoms with van der Waals surface area (Å²) in [6.45, 7) is -2.68. The topological polar surface area (TPSA) is 78.3 Å². The third kappa shape index (κ3) is 4.38. The maximum absolute atomic E-state index is 12.2. The molecule has 0 bridgehead atoms. The van der Waals surface area contributed by atoms with Gasteiger partial charge in [0.2, 0.25) is 5.91 Å². The van der Waals surface area contributed by atoms with Gasteiger partial charge in [-0.2, -0.15) is 22.0 Å². The highest BCUT2D eigenvalue weighted by Crippen LogP contribution is 2.35. The SMILES string of the molecule is NC(=O)C(N)COCC(F)(F)C(F)(F)F. The maximum Gasteiger partial charge on any atom is 0.455 e. The fraction of sp³-hybridized carbons (Fsp3) is 0.833. The van der Waals surface area contributed by atoms with E-state index in [1.165, 1.54) is 0 Å². The van der Waals surface area contributed by atoms with Gasteiger partial charge in [0.05, 0.1) is 6.61 Å². The Morgan fingerprint density at radius 3 is 2.07 bits per heavy atom. The first kappa shape index (κ1) is 14.0. The van der Waals surface area contributed by atoms with E-state index in [1.54, 1.807) is 0 Å². The molecular formula is C6H9F5N2O2. The summed E-state index contributed by atoms with van der Waals surface area (Å²) in [4.78, 5) is 10.3. The van der Waals surface area contributed by atoms with Crippen LogP contribution in [0.1, 0.15) is 0 Å². The molecule has 0 aliphatic carbocycles. The summed E-state index contributed by atoms with van der Waals surface area (Å²) in [5, 5.41) is 0. The number of rotatable bonds is 5. The normalized spacial score (nSPS) is 15.1. The van der Waals surface area contributed by atoms with E-state index in [0.717, 1.165) is 0 Å². The number of primary amides is 1. The van der Waals surface area contributed by atoms with Crippen molar-refractivity contribution < 1.29 is 31.5 Å². The van der Waals surface area contributed by atoms with E-state index in [1.807, 2.05) is 0 Å². The van der Waals surface area contributed by atoms with Crippen LogP contribution in [0.4, 0.5) is 22.0 Å². The highest BCUT2D eigenvalue weighted by atomic mass is 19.4. The standard InChI is InChI=1S/C6H9F5N2O2/c7-5(8,6(9,10)11)2-15-1-3(12)4(13)14/h3H,1-2,12H2,(H2,13,14). The van der Waals surface area contributed by atoms with E-state index >= 15 is 0 Å². The quantitative estimate of drug-likeness (QED) is 0.660. The Morgan fingerprint density at radius 2 is 1.73 bits per heavy atom. The van der Waals surface area contributed by atoms with Crippen molar-refractivity contribution in [3.8, 4) is 0 Å². The first-order valence-electron chi connectivity index (χ1n) is 3.65. The molecule has 0 rings (SSSR count). The zero-order valence-electron chi connectivity index (χ0n) is 7.35. The molecule has 0 aliphatic rings. The molecule has 0 saturated heterocycles. The van der Waals surface area contributed by atoms with Gasteiger partial charge in [-0.3, -0.25) is 4.79 Å². The van der Waals surface area contributed by atoms with E-state index in [0.29, 0.717) is 0 Å². The highest BCUT2D eigenvalue weighted by Gasteiger charge is 2.57. The van der Waals surface area contributed by atoms with Gasteiger partial charge < -0.3 is 16.2 Å². The highest BCUT2D eigenvalue weighted by molar-refractivity contribution is 5.79. The fourth-order valence-corrected chi connectivity index (χ4v) is 0.478. The Morgan fingerprint density at radius 1 is 1.27 bits per heavy atom. The number of hydrogen-bond acceptors (Lipinski definition) is 3. The molecule has 0 saturated carbocycles. The maximum atomic E-state index is 12.2. The van der Waals surface area contributed by atoms with Crippen molar-refractivity contribution in [2.75, 3.05) is 13.2 Å². The zero-order valence-corrected chi connectivity index (χ0v) is 7.35. The van der Waals surface area contributed by atoms with Crippen LogP contribution in [0.3, 0.4) is 0 Å². The lowest BCUT2D eigenvalue weighted by Crippen LogP contribution is -2.44. The van der Waals surface area contributed by atoms with Gasteiger partial charge in [0.25, 0.3) is 0 Å². The van der Waals surface area contributed by atoms with Crippen LogP contribution in [0.15, 0.2) is 0 Å². The molecule has 0 heterocycles. The van der Waals surface area contributed by atoms with Gasteiger partial charge in [0, 0.05) is 0 Å².